The molecule has 5 heteroatoms. The number of hydrogen-bond donors (Lipinski definition) is 0. The molecule has 0 radical (unpaired) electrons. The van der Waals surface area contributed by atoms with Gasteiger partial charge in [-0.2, -0.15) is 0 Å². The molecule has 0 N–H and O–H groups in total. The van der Waals surface area contributed by atoms with Crippen molar-refractivity contribution >= 4 is 29.0 Å². The van der Waals surface area contributed by atoms with Crippen molar-refractivity contribution in [3.8, 4) is 0 Å². The maximum absolute atomic E-state index is 11.9. The van der Waals surface area contributed by atoms with Gasteiger partial charge in [0, 0.05) is 28.9 Å². The van der Waals surface area contributed by atoms with Gasteiger partial charge in [0.15, 0.2) is 5.82 Å². The number of Topliss-reactive ketones (excluding diaryl/α,β-unsaturated/α-hetero) is 1. The molecule has 0 aliphatic heterocycles. The van der Waals surface area contributed by atoms with E-state index in [-0.39, 0.29) is 18.0 Å². The van der Waals surface area contributed by atoms with Crippen molar-refractivity contribution in [2.45, 2.75) is 6.42 Å². The Hall–Kier alpha value is -1.45. The van der Waals surface area contributed by atoms with Gasteiger partial charge in [0.2, 0.25) is 5.78 Å². The van der Waals surface area contributed by atoms with Crippen LogP contribution in [0.1, 0.15) is 16.2 Å². The van der Waals surface area contributed by atoms with Gasteiger partial charge < -0.3 is 0 Å². The van der Waals surface area contributed by atoms with Crippen LogP contribution in [0.25, 0.3) is 0 Å². The summed E-state index contributed by atoms with van der Waals surface area (Å²) in [6.07, 6.45) is 3.14. The Labute approximate surface area is 108 Å². The van der Waals surface area contributed by atoms with Gasteiger partial charge in [-0.25, -0.2) is 9.97 Å². The highest BCUT2D eigenvalue weighted by Gasteiger charge is 2.14. The number of benzene rings is 1. The number of halogens is 2. The molecule has 2 aromatic rings. The first-order chi connectivity index (χ1) is 8.18. The molecule has 3 nitrogen and oxygen atoms in total. The van der Waals surface area contributed by atoms with Gasteiger partial charge in [0.25, 0.3) is 0 Å². The normalized spacial score (nSPS) is 10.2. The minimum absolute atomic E-state index is 0.0997. The molecule has 1 aromatic heterocycles. The first kappa shape index (κ1) is 12.0. The topological polar surface area (TPSA) is 42.9 Å². The predicted octanol–water partition coefficient (Wildman–Crippen LogP) is 3.21. The zero-order chi connectivity index (χ0) is 12.3. The molecule has 0 fully saturated rings. The van der Waals surface area contributed by atoms with Crippen LogP contribution in [0.15, 0.2) is 36.7 Å². The molecule has 0 amide bonds. The SMILES string of the molecule is O=C(Cc1c(Cl)cccc1Cl)c1ncccn1. The van der Waals surface area contributed by atoms with E-state index >= 15 is 0 Å². The molecule has 0 aliphatic rings. The van der Waals surface area contributed by atoms with Gasteiger partial charge >= 0.3 is 0 Å². The Balaban J connectivity index is 2.25. The summed E-state index contributed by atoms with van der Waals surface area (Å²) >= 11 is 12.0. The van der Waals surface area contributed by atoms with Crippen molar-refractivity contribution in [3.05, 3.63) is 58.1 Å². The lowest BCUT2D eigenvalue weighted by atomic mass is 10.1. The fourth-order valence-corrected chi connectivity index (χ4v) is 1.91. The third kappa shape index (κ3) is 2.81. The summed E-state index contributed by atoms with van der Waals surface area (Å²) in [6.45, 7) is 0. The van der Waals surface area contributed by atoms with Crippen LogP contribution in [0, 0.1) is 0 Å². The summed E-state index contributed by atoms with van der Waals surface area (Å²) < 4.78 is 0. The van der Waals surface area contributed by atoms with E-state index in [1.54, 1.807) is 24.3 Å². The van der Waals surface area contributed by atoms with Crippen molar-refractivity contribution in [2.24, 2.45) is 0 Å². The molecule has 0 aliphatic carbocycles. The molecule has 0 atom stereocenters. The minimum Gasteiger partial charge on any atom is -0.290 e. The van der Waals surface area contributed by atoms with Crippen LogP contribution in [0.2, 0.25) is 10.0 Å². The van der Waals surface area contributed by atoms with Crippen molar-refractivity contribution in [1.29, 1.82) is 0 Å². The molecule has 0 unspecified atom stereocenters. The van der Waals surface area contributed by atoms with E-state index in [9.17, 15) is 4.79 Å². The van der Waals surface area contributed by atoms with Gasteiger partial charge in [-0.3, -0.25) is 4.79 Å². The van der Waals surface area contributed by atoms with Crippen molar-refractivity contribution in [3.63, 3.8) is 0 Å². The average Bonchev–Trinajstić information content (AvgIpc) is 2.35. The zero-order valence-corrected chi connectivity index (χ0v) is 10.2. The molecule has 0 saturated heterocycles. The first-order valence-corrected chi connectivity index (χ1v) is 5.67. The maximum atomic E-state index is 11.9. The largest absolute Gasteiger partial charge is 0.290 e. The molecule has 0 bridgehead atoms. The molecule has 17 heavy (non-hydrogen) atoms. The van der Waals surface area contributed by atoms with Crippen molar-refractivity contribution < 1.29 is 4.79 Å². The summed E-state index contributed by atoms with van der Waals surface area (Å²) in [5.41, 5.74) is 0.605. The Morgan fingerprint density at radius 3 is 2.24 bits per heavy atom. The summed E-state index contributed by atoms with van der Waals surface area (Å²) in [4.78, 5) is 19.7. The number of hydrogen-bond acceptors (Lipinski definition) is 3. The highest BCUT2D eigenvalue weighted by molar-refractivity contribution is 6.36. The van der Waals surface area contributed by atoms with Crippen LogP contribution in [0.5, 0.6) is 0 Å². The lowest BCUT2D eigenvalue weighted by molar-refractivity contribution is 0.0983. The zero-order valence-electron chi connectivity index (χ0n) is 8.73. The van der Waals surface area contributed by atoms with Crippen molar-refractivity contribution in [1.82, 2.24) is 9.97 Å². The van der Waals surface area contributed by atoms with E-state index in [0.717, 1.165) is 0 Å². The van der Waals surface area contributed by atoms with E-state index in [4.69, 9.17) is 23.2 Å². The Morgan fingerprint density at radius 2 is 1.65 bits per heavy atom. The van der Waals surface area contributed by atoms with Crippen LogP contribution in [-0.2, 0) is 6.42 Å². The lowest BCUT2D eigenvalue weighted by Crippen LogP contribution is -2.08. The smallest absolute Gasteiger partial charge is 0.204 e. The molecule has 1 heterocycles. The standard InChI is InChI=1S/C12H8Cl2N2O/c13-9-3-1-4-10(14)8(9)7-11(17)12-15-5-2-6-16-12/h1-6H,7H2. The van der Waals surface area contributed by atoms with Crippen LogP contribution in [0.4, 0.5) is 0 Å². The van der Waals surface area contributed by atoms with Crippen molar-refractivity contribution in [2.75, 3.05) is 0 Å². The Kier molecular flexibility index (Phi) is 3.71. The highest BCUT2D eigenvalue weighted by atomic mass is 35.5. The third-order valence-corrected chi connectivity index (χ3v) is 2.92. The van der Waals surface area contributed by atoms with E-state index in [2.05, 4.69) is 9.97 Å². The lowest BCUT2D eigenvalue weighted by Gasteiger charge is -2.05. The maximum Gasteiger partial charge on any atom is 0.204 e. The fourth-order valence-electron chi connectivity index (χ4n) is 1.38. The number of carbonyl (C=O) groups is 1. The molecule has 1 aromatic carbocycles. The average molecular weight is 267 g/mol. The van der Waals surface area contributed by atoms with Crippen LogP contribution in [-0.4, -0.2) is 15.8 Å². The van der Waals surface area contributed by atoms with Gasteiger partial charge in [-0.1, -0.05) is 29.3 Å². The Morgan fingerprint density at radius 1 is 1.06 bits per heavy atom. The third-order valence-electron chi connectivity index (χ3n) is 2.21. The fraction of sp³-hybridized carbons (Fsp3) is 0.0833. The molecule has 86 valence electrons. The van der Waals surface area contributed by atoms with Crippen LogP contribution in [0.3, 0.4) is 0 Å². The summed E-state index contributed by atoms with van der Waals surface area (Å²) in [5, 5.41) is 0.948. The quantitative estimate of drug-likeness (QED) is 0.802. The first-order valence-electron chi connectivity index (χ1n) is 4.91. The van der Waals surface area contributed by atoms with Gasteiger partial charge in [0.1, 0.15) is 0 Å². The number of rotatable bonds is 3. The number of nitrogens with zero attached hydrogens (tertiary/aromatic N) is 2. The molecule has 0 saturated carbocycles. The van der Waals surface area contributed by atoms with Gasteiger partial charge in [-0.15, -0.1) is 0 Å². The summed E-state index contributed by atoms with van der Waals surface area (Å²) in [5.74, 6) is -0.0379. The van der Waals surface area contributed by atoms with Crippen LogP contribution >= 0.6 is 23.2 Å². The van der Waals surface area contributed by atoms with E-state index in [1.165, 1.54) is 12.4 Å². The molecule has 2 rings (SSSR count). The van der Waals surface area contributed by atoms with Gasteiger partial charge in [0.05, 0.1) is 0 Å². The summed E-state index contributed by atoms with van der Waals surface area (Å²) in [7, 11) is 0. The second kappa shape index (κ2) is 5.25. The molecular weight excluding hydrogens is 259 g/mol. The minimum atomic E-state index is -0.208. The predicted molar refractivity (Wildman–Crippen MR) is 66.5 cm³/mol. The number of ketones is 1. The highest BCUT2D eigenvalue weighted by Crippen LogP contribution is 2.25. The molecule has 0 spiro atoms. The van der Waals surface area contributed by atoms with Gasteiger partial charge in [-0.05, 0) is 23.8 Å². The number of carbonyl (C=O) groups excluding carboxylic acids is 1. The molecular formula is C12H8Cl2N2O. The second-order valence-corrected chi connectivity index (χ2v) is 4.19. The van der Waals surface area contributed by atoms with E-state index in [0.29, 0.717) is 15.6 Å². The summed E-state index contributed by atoms with van der Waals surface area (Å²) in [6, 6.07) is 6.78. The monoisotopic (exact) mass is 266 g/mol. The van der Waals surface area contributed by atoms with E-state index < -0.39 is 0 Å². The number of aromatic nitrogens is 2. The Bertz CT molecular complexity index is 523. The van der Waals surface area contributed by atoms with E-state index in [1.807, 2.05) is 0 Å². The van der Waals surface area contributed by atoms with Crippen LogP contribution < -0.4 is 0 Å². The second-order valence-electron chi connectivity index (χ2n) is 3.37.